The van der Waals surface area contributed by atoms with Crippen LogP contribution in [-0.4, -0.2) is 72.6 Å². The van der Waals surface area contributed by atoms with Gasteiger partial charge in [0.25, 0.3) is 0 Å². The van der Waals surface area contributed by atoms with Crippen molar-refractivity contribution in [2.24, 2.45) is 0 Å². The van der Waals surface area contributed by atoms with E-state index in [1.165, 1.54) is 5.56 Å². The Morgan fingerprint density at radius 2 is 1.92 bits per heavy atom. The van der Waals surface area contributed by atoms with Gasteiger partial charge < -0.3 is 15.3 Å². The summed E-state index contributed by atoms with van der Waals surface area (Å²) in [6, 6.07) is 7.90. The topological polar surface area (TPSA) is 72.9 Å². The van der Waals surface area contributed by atoms with Crippen LogP contribution in [0.4, 0.5) is 0 Å². The van der Waals surface area contributed by atoms with Crippen molar-refractivity contribution < 1.29 is 14.7 Å². The molecule has 2 fully saturated rings. The van der Waals surface area contributed by atoms with Crippen LogP contribution in [0.1, 0.15) is 30.4 Å². The molecule has 0 aromatic heterocycles. The fraction of sp³-hybridized carbons (Fsp3) is 0.600. The molecule has 26 heavy (non-hydrogen) atoms. The highest BCUT2D eigenvalue weighted by Crippen LogP contribution is 2.48. The number of β-amino-alcohol motifs (C(OH)–C–C–N with tert-alkyl or cyclic N) is 1. The normalized spacial score (nSPS) is 24.8. The molecule has 2 atom stereocenters. The van der Waals surface area contributed by atoms with E-state index in [1.54, 1.807) is 19.0 Å². The van der Waals surface area contributed by atoms with Gasteiger partial charge >= 0.3 is 0 Å². The number of aryl methyl sites for hydroxylation is 1. The zero-order valence-corrected chi connectivity index (χ0v) is 15.9. The van der Waals surface area contributed by atoms with Gasteiger partial charge in [-0.25, -0.2) is 0 Å². The van der Waals surface area contributed by atoms with Gasteiger partial charge in [-0.15, -0.1) is 0 Å². The number of aliphatic hydroxyl groups excluding tert-OH is 1. The molecule has 0 spiro atoms. The van der Waals surface area contributed by atoms with Gasteiger partial charge in [-0.05, 0) is 31.7 Å². The summed E-state index contributed by atoms with van der Waals surface area (Å²) in [7, 11) is 3.46. The largest absolute Gasteiger partial charge is 0.390 e. The third-order valence-electron chi connectivity index (χ3n) is 5.63. The Balaban J connectivity index is 1.57. The molecule has 1 aromatic rings. The van der Waals surface area contributed by atoms with Crippen LogP contribution in [0.2, 0.25) is 0 Å². The van der Waals surface area contributed by atoms with Crippen LogP contribution < -0.4 is 5.32 Å². The molecule has 0 bridgehead atoms. The Bertz CT molecular complexity index is 667. The highest BCUT2D eigenvalue weighted by atomic mass is 16.3. The highest BCUT2D eigenvalue weighted by molar-refractivity contribution is 5.91. The monoisotopic (exact) mass is 359 g/mol. The van der Waals surface area contributed by atoms with Gasteiger partial charge in [-0.2, -0.15) is 0 Å². The molecule has 0 unspecified atom stereocenters. The van der Waals surface area contributed by atoms with Gasteiger partial charge in [0.15, 0.2) is 0 Å². The van der Waals surface area contributed by atoms with Crippen molar-refractivity contribution in [1.82, 2.24) is 15.1 Å². The molecular formula is C20H29N3O3. The first-order valence-corrected chi connectivity index (χ1v) is 9.30. The first-order valence-electron chi connectivity index (χ1n) is 9.30. The molecule has 1 saturated heterocycles. The van der Waals surface area contributed by atoms with E-state index in [2.05, 4.69) is 5.32 Å². The Kier molecular flexibility index (Phi) is 5.34. The van der Waals surface area contributed by atoms with Gasteiger partial charge in [0.1, 0.15) is 0 Å². The number of carbonyl (C=O) groups is 2. The number of hydrogen-bond acceptors (Lipinski definition) is 4. The van der Waals surface area contributed by atoms with Crippen molar-refractivity contribution in [3.8, 4) is 0 Å². The molecule has 6 nitrogen and oxygen atoms in total. The minimum absolute atomic E-state index is 0.0169. The number of aliphatic hydroxyl groups is 1. The number of piperidine rings is 1. The van der Waals surface area contributed by atoms with Gasteiger partial charge in [-0.1, -0.05) is 29.8 Å². The summed E-state index contributed by atoms with van der Waals surface area (Å²) in [6.45, 7) is 3.44. The molecule has 1 aromatic carbocycles. The van der Waals surface area contributed by atoms with Crippen molar-refractivity contribution >= 4 is 11.8 Å². The lowest BCUT2D eigenvalue weighted by Gasteiger charge is -2.36. The maximum atomic E-state index is 12.9. The van der Waals surface area contributed by atoms with Gasteiger partial charge in [0.2, 0.25) is 11.8 Å². The quantitative estimate of drug-likeness (QED) is 0.810. The minimum atomic E-state index is -0.656. The van der Waals surface area contributed by atoms with E-state index < -0.39 is 11.5 Å². The molecule has 1 heterocycles. The van der Waals surface area contributed by atoms with E-state index in [4.69, 9.17) is 0 Å². The van der Waals surface area contributed by atoms with Gasteiger partial charge in [0, 0.05) is 27.2 Å². The lowest BCUT2D eigenvalue weighted by molar-refractivity contribution is -0.131. The summed E-state index contributed by atoms with van der Waals surface area (Å²) in [5, 5.41) is 13.5. The molecule has 0 radical (unpaired) electrons. The van der Waals surface area contributed by atoms with Crippen LogP contribution in [0.15, 0.2) is 24.3 Å². The van der Waals surface area contributed by atoms with Crippen LogP contribution in [0.25, 0.3) is 0 Å². The zero-order chi connectivity index (χ0) is 18.9. The standard InChI is InChI=1S/C20H29N3O3/c1-14-4-6-15(7-5-14)20(9-10-20)19(26)21-16-8-11-23(12-17(16)24)13-18(25)22(2)3/h4-7,16-17,24H,8-13H2,1-3H3,(H,21,26)/t16-,17-/m1/s1. The second-order valence-corrected chi connectivity index (χ2v) is 7.91. The van der Waals surface area contributed by atoms with Crippen LogP contribution in [-0.2, 0) is 15.0 Å². The number of likely N-dealkylation sites (N-methyl/N-ethyl adjacent to an activating group) is 1. The summed E-state index contributed by atoms with van der Waals surface area (Å²) in [5.74, 6) is 0.0409. The lowest BCUT2D eigenvalue weighted by Crippen LogP contribution is -2.56. The zero-order valence-electron chi connectivity index (χ0n) is 15.9. The van der Waals surface area contributed by atoms with E-state index in [-0.39, 0.29) is 17.9 Å². The van der Waals surface area contributed by atoms with Gasteiger partial charge in [-0.3, -0.25) is 14.5 Å². The number of nitrogens with one attached hydrogen (secondary N) is 1. The van der Waals surface area contributed by atoms with E-state index in [9.17, 15) is 14.7 Å². The first kappa shape index (κ1) is 18.9. The summed E-state index contributed by atoms with van der Waals surface area (Å²) in [4.78, 5) is 28.2. The first-order chi connectivity index (χ1) is 12.3. The van der Waals surface area contributed by atoms with Crippen molar-refractivity contribution in [3.05, 3.63) is 35.4 Å². The summed E-state index contributed by atoms with van der Waals surface area (Å²) < 4.78 is 0. The molecule has 1 aliphatic carbocycles. The molecule has 2 aliphatic rings. The second kappa shape index (κ2) is 7.37. The van der Waals surface area contributed by atoms with Gasteiger partial charge in [0.05, 0.1) is 24.1 Å². The third kappa shape index (κ3) is 3.91. The van der Waals surface area contributed by atoms with Crippen LogP contribution in [0.3, 0.4) is 0 Å². The average molecular weight is 359 g/mol. The molecule has 6 heteroatoms. The summed E-state index contributed by atoms with van der Waals surface area (Å²) in [6.07, 6.45) is 1.71. The average Bonchev–Trinajstić information content (AvgIpc) is 3.39. The fourth-order valence-electron chi connectivity index (χ4n) is 3.59. The highest BCUT2D eigenvalue weighted by Gasteiger charge is 2.52. The number of carbonyl (C=O) groups excluding carboxylic acids is 2. The molecule has 1 saturated carbocycles. The van der Waals surface area contributed by atoms with Crippen molar-refractivity contribution in [3.63, 3.8) is 0 Å². The molecule has 1 aliphatic heterocycles. The van der Waals surface area contributed by atoms with Crippen LogP contribution in [0, 0.1) is 6.92 Å². The number of benzene rings is 1. The predicted molar refractivity (Wildman–Crippen MR) is 99.8 cm³/mol. The Morgan fingerprint density at radius 1 is 1.27 bits per heavy atom. The van der Waals surface area contributed by atoms with Crippen LogP contribution >= 0.6 is 0 Å². The van der Waals surface area contributed by atoms with E-state index >= 15 is 0 Å². The maximum Gasteiger partial charge on any atom is 0.236 e. The van der Waals surface area contributed by atoms with E-state index in [0.717, 1.165) is 18.4 Å². The molecule has 142 valence electrons. The van der Waals surface area contributed by atoms with E-state index in [0.29, 0.717) is 26.1 Å². The second-order valence-electron chi connectivity index (χ2n) is 7.91. The third-order valence-corrected chi connectivity index (χ3v) is 5.63. The smallest absolute Gasteiger partial charge is 0.236 e. The lowest BCUT2D eigenvalue weighted by atomic mass is 9.92. The predicted octanol–water partition coefficient (Wildman–Crippen LogP) is 0.666. The summed E-state index contributed by atoms with van der Waals surface area (Å²) in [5.41, 5.74) is 1.81. The van der Waals surface area contributed by atoms with Crippen molar-refractivity contribution in [2.75, 3.05) is 33.7 Å². The maximum absolute atomic E-state index is 12.9. The van der Waals surface area contributed by atoms with Crippen molar-refractivity contribution in [1.29, 1.82) is 0 Å². The minimum Gasteiger partial charge on any atom is -0.390 e. The molecule has 3 rings (SSSR count). The SMILES string of the molecule is Cc1ccc(C2(C(=O)N[C@@H]3CCN(CC(=O)N(C)C)C[C@H]3O)CC2)cc1. The molecule has 2 N–H and O–H groups in total. The van der Waals surface area contributed by atoms with Crippen LogP contribution in [0.5, 0.6) is 0 Å². The van der Waals surface area contributed by atoms with Crippen molar-refractivity contribution in [2.45, 2.75) is 43.7 Å². The Morgan fingerprint density at radius 3 is 2.46 bits per heavy atom. The number of hydrogen-bond donors (Lipinski definition) is 2. The number of rotatable bonds is 5. The number of amides is 2. The molecule has 2 amide bonds. The molecular weight excluding hydrogens is 330 g/mol. The Hall–Kier alpha value is -1.92. The fourth-order valence-corrected chi connectivity index (χ4v) is 3.59. The Labute approximate surface area is 155 Å². The number of nitrogens with zero attached hydrogens (tertiary/aromatic N) is 2. The summed E-state index contributed by atoms with van der Waals surface area (Å²) >= 11 is 0. The van der Waals surface area contributed by atoms with E-state index in [1.807, 2.05) is 36.1 Å². The number of likely N-dealkylation sites (tertiary alicyclic amines) is 1.